The van der Waals surface area contributed by atoms with Crippen LogP contribution in [0.2, 0.25) is 0 Å². The maximum atomic E-state index is 12.0. The highest BCUT2D eigenvalue weighted by molar-refractivity contribution is 9.11. The Morgan fingerprint density at radius 1 is 1.37 bits per heavy atom. The van der Waals surface area contributed by atoms with Gasteiger partial charge in [0.1, 0.15) is 5.00 Å². The number of anilines is 1. The number of hydrogen-bond acceptors (Lipinski definition) is 4. The van der Waals surface area contributed by atoms with Gasteiger partial charge < -0.3 is 10.4 Å². The molecule has 2 N–H and O–H groups in total. The van der Waals surface area contributed by atoms with E-state index in [0.717, 1.165) is 15.1 Å². The monoisotopic (exact) mass is 359 g/mol. The van der Waals surface area contributed by atoms with E-state index >= 15 is 0 Å². The molecule has 2 aromatic heterocycles. The Labute approximate surface area is 126 Å². The van der Waals surface area contributed by atoms with Crippen LogP contribution in [0.4, 0.5) is 5.00 Å². The number of carboxylic acids is 1. The van der Waals surface area contributed by atoms with Crippen LogP contribution in [0.1, 0.15) is 31.8 Å². The van der Waals surface area contributed by atoms with E-state index in [1.54, 1.807) is 18.2 Å². The predicted molar refractivity (Wildman–Crippen MR) is 80.6 cm³/mol. The van der Waals surface area contributed by atoms with E-state index in [0.29, 0.717) is 9.88 Å². The second kappa shape index (κ2) is 5.85. The molecule has 0 unspecified atom stereocenters. The lowest BCUT2D eigenvalue weighted by Crippen LogP contribution is -2.11. The summed E-state index contributed by atoms with van der Waals surface area (Å²) in [6, 6.07) is 5.08. The van der Waals surface area contributed by atoms with Crippen LogP contribution in [0.3, 0.4) is 0 Å². The topological polar surface area (TPSA) is 66.4 Å². The van der Waals surface area contributed by atoms with E-state index in [2.05, 4.69) is 21.2 Å². The summed E-state index contributed by atoms with van der Waals surface area (Å²) in [4.78, 5) is 24.6. The van der Waals surface area contributed by atoms with Gasteiger partial charge in [-0.2, -0.15) is 0 Å². The van der Waals surface area contributed by atoms with Gasteiger partial charge in [-0.15, -0.1) is 22.7 Å². The van der Waals surface area contributed by atoms with Gasteiger partial charge in [-0.25, -0.2) is 4.79 Å². The standard InChI is InChI=1S/C12H10BrNO3S2/c1-2-6-5-7(12(16)17)11(18-6)14-10(15)8-3-4-9(13)19-8/h3-5H,2H2,1H3,(H,14,15)(H,16,17). The summed E-state index contributed by atoms with van der Waals surface area (Å²) in [6.07, 6.45) is 0.741. The molecule has 0 aliphatic carbocycles. The highest BCUT2D eigenvalue weighted by atomic mass is 79.9. The summed E-state index contributed by atoms with van der Waals surface area (Å²) in [5.74, 6) is -1.32. The number of amides is 1. The molecule has 0 aromatic carbocycles. The van der Waals surface area contributed by atoms with E-state index in [-0.39, 0.29) is 11.5 Å². The normalized spacial score (nSPS) is 10.4. The van der Waals surface area contributed by atoms with Crippen molar-refractivity contribution in [1.82, 2.24) is 0 Å². The van der Waals surface area contributed by atoms with Crippen LogP contribution in [0, 0.1) is 0 Å². The summed E-state index contributed by atoms with van der Waals surface area (Å²) in [6.45, 7) is 1.94. The van der Waals surface area contributed by atoms with Gasteiger partial charge in [0.25, 0.3) is 5.91 Å². The summed E-state index contributed by atoms with van der Waals surface area (Å²) >= 11 is 5.89. The zero-order chi connectivity index (χ0) is 14.0. The van der Waals surface area contributed by atoms with Crippen molar-refractivity contribution >= 4 is 55.5 Å². The lowest BCUT2D eigenvalue weighted by molar-refractivity contribution is 0.0698. The largest absolute Gasteiger partial charge is 0.478 e. The van der Waals surface area contributed by atoms with Crippen LogP contribution in [-0.2, 0) is 6.42 Å². The molecule has 0 spiro atoms. The number of carbonyl (C=O) groups excluding carboxylic acids is 1. The van der Waals surface area contributed by atoms with Crippen LogP contribution in [-0.4, -0.2) is 17.0 Å². The van der Waals surface area contributed by atoms with Gasteiger partial charge in [0.05, 0.1) is 14.2 Å². The maximum Gasteiger partial charge on any atom is 0.338 e. The van der Waals surface area contributed by atoms with Crippen molar-refractivity contribution in [2.45, 2.75) is 13.3 Å². The molecule has 0 saturated carbocycles. The van der Waals surface area contributed by atoms with E-state index in [9.17, 15) is 9.59 Å². The first-order valence-electron chi connectivity index (χ1n) is 5.44. The molecule has 2 rings (SSSR count). The molecular weight excluding hydrogens is 350 g/mol. The molecule has 0 atom stereocenters. The number of aryl methyl sites for hydroxylation is 1. The minimum atomic E-state index is -1.03. The molecule has 7 heteroatoms. The fourth-order valence-corrected chi connectivity index (χ4v) is 3.73. The number of halogens is 1. The molecule has 0 fully saturated rings. The lowest BCUT2D eigenvalue weighted by atomic mass is 10.2. The van der Waals surface area contributed by atoms with Gasteiger partial charge in [-0.3, -0.25) is 4.79 Å². The Bertz CT molecular complexity index is 633. The fraction of sp³-hybridized carbons (Fsp3) is 0.167. The fourth-order valence-electron chi connectivity index (χ4n) is 1.47. The first-order valence-corrected chi connectivity index (χ1v) is 7.86. The van der Waals surface area contributed by atoms with Crippen molar-refractivity contribution in [2.75, 3.05) is 5.32 Å². The smallest absolute Gasteiger partial charge is 0.338 e. The molecule has 2 aromatic rings. The molecule has 19 heavy (non-hydrogen) atoms. The van der Waals surface area contributed by atoms with Gasteiger partial charge >= 0.3 is 5.97 Å². The number of thiophene rings is 2. The number of nitrogens with one attached hydrogen (secondary N) is 1. The third kappa shape index (κ3) is 3.23. The minimum Gasteiger partial charge on any atom is -0.478 e. The predicted octanol–water partition coefficient (Wildman–Crippen LogP) is 4.09. The van der Waals surface area contributed by atoms with Crippen LogP contribution in [0.15, 0.2) is 22.0 Å². The van der Waals surface area contributed by atoms with Gasteiger partial charge in [0, 0.05) is 4.88 Å². The van der Waals surface area contributed by atoms with Crippen LogP contribution < -0.4 is 5.32 Å². The second-order valence-corrected chi connectivity index (χ2v) is 7.27. The van der Waals surface area contributed by atoms with E-state index < -0.39 is 5.97 Å². The van der Waals surface area contributed by atoms with Crippen LogP contribution in [0.25, 0.3) is 0 Å². The van der Waals surface area contributed by atoms with Crippen molar-refractivity contribution in [3.05, 3.63) is 37.3 Å². The lowest BCUT2D eigenvalue weighted by Gasteiger charge is -2.01. The zero-order valence-electron chi connectivity index (χ0n) is 9.90. The van der Waals surface area contributed by atoms with Crippen molar-refractivity contribution in [1.29, 1.82) is 0 Å². The average molecular weight is 360 g/mol. The third-order valence-corrected chi connectivity index (χ3v) is 5.20. The molecule has 0 aliphatic heterocycles. The first kappa shape index (κ1) is 14.2. The Morgan fingerprint density at radius 3 is 2.63 bits per heavy atom. The molecule has 0 saturated heterocycles. The summed E-state index contributed by atoms with van der Waals surface area (Å²) in [5, 5.41) is 12.2. The van der Waals surface area contributed by atoms with Crippen molar-refractivity contribution < 1.29 is 14.7 Å². The summed E-state index contributed by atoms with van der Waals surface area (Å²) in [7, 11) is 0. The maximum absolute atomic E-state index is 12.0. The van der Waals surface area contributed by atoms with E-state index in [4.69, 9.17) is 5.11 Å². The van der Waals surface area contributed by atoms with Gasteiger partial charge in [-0.05, 0) is 40.5 Å². The minimum absolute atomic E-state index is 0.144. The SMILES string of the molecule is CCc1cc(C(=O)O)c(NC(=O)c2ccc(Br)s2)s1. The van der Waals surface area contributed by atoms with Crippen LogP contribution in [0.5, 0.6) is 0 Å². The highest BCUT2D eigenvalue weighted by Gasteiger charge is 2.18. The number of rotatable bonds is 4. The zero-order valence-corrected chi connectivity index (χ0v) is 13.1. The number of aromatic carboxylic acids is 1. The number of hydrogen-bond donors (Lipinski definition) is 2. The molecule has 0 aliphatic rings. The average Bonchev–Trinajstić information content (AvgIpc) is 2.95. The number of carboxylic acid groups (broad SMARTS) is 1. The number of carbonyl (C=O) groups is 2. The molecule has 1 amide bonds. The van der Waals surface area contributed by atoms with Crippen molar-refractivity contribution in [3.8, 4) is 0 Å². The Kier molecular flexibility index (Phi) is 4.38. The van der Waals surface area contributed by atoms with Gasteiger partial charge in [0.2, 0.25) is 0 Å². The summed E-state index contributed by atoms with van der Waals surface area (Å²) in [5.41, 5.74) is 0.144. The van der Waals surface area contributed by atoms with Crippen molar-refractivity contribution in [3.63, 3.8) is 0 Å². The Balaban J connectivity index is 2.25. The molecule has 0 radical (unpaired) electrons. The highest BCUT2D eigenvalue weighted by Crippen LogP contribution is 2.30. The molecule has 0 bridgehead atoms. The molecule has 2 heterocycles. The molecule has 4 nitrogen and oxygen atoms in total. The molecular formula is C12H10BrNO3S2. The van der Waals surface area contributed by atoms with Gasteiger partial charge in [-0.1, -0.05) is 6.92 Å². The van der Waals surface area contributed by atoms with Crippen molar-refractivity contribution in [2.24, 2.45) is 0 Å². The first-order chi connectivity index (χ1) is 9.01. The van der Waals surface area contributed by atoms with E-state index in [1.165, 1.54) is 22.7 Å². The Hall–Kier alpha value is -1.18. The van der Waals surface area contributed by atoms with Gasteiger partial charge in [0.15, 0.2) is 0 Å². The summed E-state index contributed by atoms with van der Waals surface area (Å²) < 4.78 is 0.858. The third-order valence-electron chi connectivity index (χ3n) is 2.39. The molecule has 100 valence electrons. The van der Waals surface area contributed by atoms with E-state index in [1.807, 2.05) is 6.92 Å². The van der Waals surface area contributed by atoms with Crippen LogP contribution >= 0.6 is 38.6 Å². The quantitative estimate of drug-likeness (QED) is 0.863. The second-order valence-electron chi connectivity index (χ2n) is 3.67. The Morgan fingerprint density at radius 2 is 2.11 bits per heavy atom.